The number of benzene rings is 1. The molecule has 0 aliphatic heterocycles. The van der Waals surface area contributed by atoms with Gasteiger partial charge < -0.3 is 0 Å². The van der Waals surface area contributed by atoms with Crippen molar-refractivity contribution >= 4 is 0 Å². The van der Waals surface area contributed by atoms with Gasteiger partial charge in [0, 0.05) is 23.5 Å². The number of fused-ring (bicyclic) bond motifs is 3. The van der Waals surface area contributed by atoms with Crippen LogP contribution in [0.2, 0.25) is 0 Å². The second-order valence-corrected chi connectivity index (χ2v) is 4.67. The molecule has 1 aliphatic rings. The molecular formula is C15H12N4. The molecule has 3 aromatic rings. The monoisotopic (exact) mass is 248 g/mol. The summed E-state index contributed by atoms with van der Waals surface area (Å²) in [4.78, 5) is 8.48. The summed E-state index contributed by atoms with van der Waals surface area (Å²) in [5.74, 6) is 0. The van der Waals surface area contributed by atoms with Crippen LogP contribution in [0.4, 0.5) is 0 Å². The van der Waals surface area contributed by atoms with Gasteiger partial charge in [0.1, 0.15) is 5.69 Å². The van der Waals surface area contributed by atoms with E-state index in [0.29, 0.717) is 0 Å². The fourth-order valence-corrected chi connectivity index (χ4v) is 2.70. The minimum atomic E-state index is 0.857. The third-order valence-electron chi connectivity index (χ3n) is 3.60. The quantitative estimate of drug-likeness (QED) is 0.720. The molecule has 4 heteroatoms. The summed E-state index contributed by atoms with van der Waals surface area (Å²) >= 11 is 0. The third kappa shape index (κ3) is 1.57. The molecule has 0 fully saturated rings. The fraction of sp³-hybridized carbons (Fsp3) is 0.133. The van der Waals surface area contributed by atoms with Gasteiger partial charge in [0.25, 0.3) is 0 Å². The molecule has 0 saturated heterocycles. The van der Waals surface area contributed by atoms with Crippen molar-refractivity contribution < 1.29 is 0 Å². The Labute approximate surface area is 110 Å². The third-order valence-corrected chi connectivity index (χ3v) is 3.60. The van der Waals surface area contributed by atoms with Crippen molar-refractivity contribution in [2.24, 2.45) is 0 Å². The van der Waals surface area contributed by atoms with E-state index in [0.717, 1.165) is 29.9 Å². The van der Waals surface area contributed by atoms with Crippen molar-refractivity contribution in [1.29, 1.82) is 0 Å². The fourth-order valence-electron chi connectivity index (χ4n) is 2.70. The average Bonchev–Trinajstić information content (AvgIpc) is 2.92. The second-order valence-electron chi connectivity index (χ2n) is 4.67. The van der Waals surface area contributed by atoms with Crippen molar-refractivity contribution in [2.45, 2.75) is 12.8 Å². The Morgan fingerprint density at radius 1 is 1.05 bits per heavy atom. The van der Waals surface area contributed by atoms with Crippen LogP contribution in [-0.2, 0) is 12.8 Å². The number of aromatic nitrogens is 4. The summed E-state index contributed by atoms with van der Waals surface area (Å²) < 4.78 is 0. The number of H-pyrrole nitrogens is 1. The van der Waals surface area contributed by atoms with E-state index in [1.165, 1.54) is 16.7 Å². The standard InChI is InChI=1S/C15H12N4/c1-2-4-11-10(3-1)5-6-12-14(11)18-19-15(12)13-9-16-7-8-17-13/h1-4,7-9H,5-6H2,(H,18,19). The summed E-state index contributed by atoms with van der Waals surface area (Å²) in [5.41, 5.74) is 6.76. The van der Waals surface area contributed by atoms with E-state index in [-0.39, 0.29) is 0 Å². The van der Waals surface area contributed by atoms with Gasteiger partial charge in [0.15, 0.2) is 0 Å². The van der Waals surface area contributed by atoms with E-state index in [9.17, 15) is 0 Å². The van der Waals surface area contributed by atoms with Crippen LogP contribution < -0.4 is 0 Å². The lowest BCUT2D eigenvalue weighted by Gasteiger charge is -2.15. The average molecular weight is 248 g/mol. The zero-order valence-electron chi connectivity index (χ0n) is 10.3. The maximum atomic E-state index is 4.48. The second kappa shape index (κ2) is 4.02. The Bertz CT molecular complexity index is 717. The molecule has 0 saturated carbocycles. The van der Waals surface area contributed by atoms with Crippen LogP contribution in [0, 0.1) is 0 Å². The highest BCUT2D eigenvalue weighted by molar-refractivity contribution is 5.76. The van der Waals surface area contributed by atoms with Crippen LogP contribution in [0.15, 0.2) is 42.9 Å². The topological polar surface area (TPSA) is 54.5 Å². The number of aryl methyl sites for hydroxylation is 1. The zero-order valence-corrected chi connectivity index (χ0v) is 10.3. The lowest BCUT2D eigenvalue weighted by atomic mass is 9.89. The minimum absolute atomic E-state index is 0.857. The molecular weight excluding hydrogens is 236 g/mol. The molecule has 92 valence electrons. The van der Waals surface area contributed by atoms with Crippen molar-refractivity contribution in [3.63, 3.8) is 0 Å². The molecule has 1 aromatic carbocycles. The van der Waals surface area contributed by atoms with Crippen LogP contribution in [0.5, 0.6) is 0 Å². The van der Waals surface area contributed by atoms with Crippen molar-refractivity contribution in [1.82, 2.24) is 20.2 Å². The maximum Gasteiger partial charge on any atom is 0.107 e. The first kappa shape index (κ1) is 10.4. The van der Waals surface area contributed by atoms with Gasteiger partial charge in [-0.25, -0.2) is 0 Å². The lowest BCUT2D eigenvalue weighted by Crippen LogP contribution is -2.03. The highest BCUT2D eigenvalue weighted by Gasteiger charge is 2.22. The predicted octanol–water partition coefficient (Wildman–Crippen LogP) is 2.63. The first-order valence-electron chi connectivity index (χ1n) is 6.35. The normalized spacial score (nSPS) is 12.8. The molecule has 2 heterocycles. The Hall–Kier alpha value is -2.49. The molecule has 2 aromatic heterocycles. The smallest absolute Gasteiger partial charge is 0.107 e. The largest absolute Gasteiger partial charge is 0.275 e. The summed E-state index contributed by atoms with van der Waals surface area (Å²) in [6.45, 7) is 0. The Morgan fingerprint density at radius 2 is 2.00 bits per heavy atom. The number of nitrogens with one attached hydrogen (secondary N) is 1. The maximum absolute atomic E-state index is 4.48. The SMILES string of the molecule is c1ccc2c(c1)CCc1c-2n[nH]c1-c1cnccn1. The van der Waals surface area contributed by atoms with Gasteiger partial charge in [-0.05, 0) is 18.4 Å². The van der Waals surface area contributed by atoms with E-state index >= 15 is 0 Å². The van der Waals surface area contributed by atoms with Crippen molar-refractivity contribution in [3.05, 3.63) is 54.0 Å². The first-order chi connectivity index (χ1) is 9.43. The summed E-state index contributed by atoms with van der Waals surface area (Å²) in [6.07, 6.45) is 7.21. The van der Waals surface area contributed by atoms with Gasteiger partial charge in [-0.1, -0.05) is 24.3 Å². The molecule has 0 amide bonds. The van der Waals surface area contributed by atoms with Gasteiger partial charge >= 0.3 is 0 Å². The van der Waals surface area contributed by atoms with Crippen LogP contribution >= 0.6 is 0 Å². The van der Waals surface area contributed by atoms with E-state index in [1.54, 1.807) is 18.6 Å². The highest BCUT2D eigenvalue weighted by Crippen LogP contribution is 2.36. The molecule has 4 nitrogen and oxygen atoms in total. The predicted molar refractivity (Wildman–Crippen MR) is 72.5 cm³/mol. The molecule has 1 aliphatic carbocycles. The van der Waals surface area contributed by atoms with Gasteiger partial charge in [-0.3, -0.25) is 15.1 Å². The molecule has 0 radical (unpaired) electrons. The summed E-state index contributed by atoms with van der Waals surface area (Å²) in [7, 11) is 0. The minimum Gasteiger partial charge on any atom is -0.275 e. The van der Waals surface area contributed by atoms with E-state index < -0.39 is 0 Å². The van der Waals surface area contributed by atoms with Gasteiger partial charge in [-0.2, -0.15) is 5.10 Å². The Kier molecular flexibility index (Phi) is 2.21. The van der Waals surface area contributed by atoms with E-state index in [4.69, 9.17) is 0 Å². The molecule has 4 rings (SSSR count). The van der Waals surface area contributed by atoms with Crippen LogP contribution in [0.25, 0.3) is 22.6 Å². The molecule has 0 spiro atoms. The van der Waals surface area contributed by atoms with E-state index in [2.05, 4.69) is 44.4 Å². The number of rotatable bonds is 1. The van der Waals surface area contributed by atoms with Crippen LogP contribution in [-0.4, -0.2) is 20.2 Å². The Morgan fingerprint density at radius 3 is 2.89 bits per heavy atom. The summed E-state index contributed by atoms with van der Waals surface area (Å²) in [6, 6.07) is 8.45. The Balaban J connectivity index is 1.91. The van der Waals surface area contributed by atoms with Gasteiger partial charge in [-0.15, -0.1) is 0 Å². The lowest BCUT2D eigenvalue weighted by molar-refractivity contribution is 0.942. The van der Waals surface area contributed by atoms with E-state index in [1.807, 2.05) is 0 Å². The number of aromatic amines is 1. The van der Waals surface area contributed by atoms with Crippen LogP contribution in [0.1, 0.15) is 11.1 Å². The highest BCUT2D eigenvalue weighted by atomic mass is 15.1. The number of hydrogen-bond donors (Lipinski definition) is 1. The number of hydrogen-bond acceptors (Lipinski definition) is 3. The zero-order chi connectivity index (χ0) is 12.7. The van der Waals surface area contributed by atoms with Gasteiger partial charge in [0.05, 0.1) is 17.6 Å². The molecule has 0 unspecified atom stereocenters. The van der Waals surface area contributed by atoms with Crippen molar-refractivity contribution in [3.8, 4) is 22.6 Å². The number of nitrogens with zero attached hydrogens (tertiary/aromatic N) is 3. The van der Waals surface area contributed by atoms with Crippen LogP contribution in [0.3, 0.4) is 0 Å². The van der Waals surface area contributed by atoms with Gasteiger partial charge in [0.2, 0.25) is 0 Å². The molecule has 0 bridgehead atoms. The summed E-state index contributed by atoms with van der Waals surface area (Å²) in [5, 5.41) is 7.60. The first-order valence-corrected chi connectivity index (χ1v) is 6.35. The molecule has 0 atom stereocenters. The van der Waals surface area contributed by atoms with Crippen molar-refractivity contribution in [2.75, 3.05) is 0 Å². The molecule has 1 N–H and O–H groups in total. The molecule has 19 heavy (non-hydrogen) atoms.